The van der Waals surface area contributed by atoms with Gasteiger partial charge in [0.2, 0.25) is 0 Å². The fraction of sp³-hybridized carbons (Fsp3) is 0.333. The summed E-state index contributed by atoms with van der Waals surface area (Å²) in [5, 5.41) is 0. The third-order valence-corrected chi connectivity index (χ3v) is 2.98. The Morgan fingerprint density at radius 1 is 1.36 bits per heavy atom. The molecule has 1 aliphatic rings. The van der Waals surface area contributed by atoms with Crippen LogP contribution in [0.1, 0.15) is 12.0 Å². The summed E-state index contributed by atoms with van der Waals surface area (Å²) in [6, 6.07) is 4.06. The number of hydrogen-bond acceptors (Lipinski definition) is 3. The number of fused-ring (bicyclic) bond motifs is 1. The lowest BCUT2D eigenvalue weighted by Gasteiger charge is -2.16. The first-order valence-corrected chi connectivity index (χ1v) is 5.66. The van der Waals surface area contributed by atoms with Gasteiger partial charge < -0.3 is 4.74 Å². The molecule has 0 bridgehead atoms. The quantitative estimate of drug-likeness (QED) is 0.671. The minimum absolute atomic E-state index is 0.290. The highest BCUT2D eigenvalue weighted by Gasteiger charge is 2.16. The van der Waals surface area contributed by atoms with E-state index in [4.69, 9.17) is 4.74 Å². The summed E-state index contributed by atoms with van der Waals surface area (Å²) >= 11 is 0. The number of benzene rings is 1. The van der Waals surface area contributed by atoms with Crippen LogP contribution in [0, 0.1) is 0 Å². The standard InChI is InChI=1S/C9H9FO3S/c10-14(11,12)8-3-4-9-7(6-8)2-1-5-13-9/h3-4,6H,1-2,5H2. The second-order valence-corrected chi connectivity index (χ2v) is 4.51. The van der Waals surface area contributed by atoms with E-state index >= 15 is 0 Å². The highest BCUT2D eigenvalue weighted by atomic mass is 32.3. The lowest BCUT2D eigenvalue weighted by molar-refractivity contribution is 0.288. The molecule has 3 nitrogen and oxygen atoms in total. The van der Waals surface area contributed by atoms with Crippen LogP contribution in [0.5, 0.6) is 5.75 Å². The van der Waals surface area contributed by atoms with Gasteiger partial charge in [0.15, 0.2) is 0 Å². The number of hydrogen-bond donors (Lipinski definition) is 0. The molecule has 5 heteroatoms. The van der Waals surface area contributed by atoms with Crippen LogP contribution in [0.4, 0.5) is 3.89 Å². The van der Waals surface area contributed by atoms with E-state index in [0.29, 0.717) is 12.4 Å². The lowest BCUT2D eigenvalue weighted by Crippen LogP contribution is -2.08. The molecule has 0 atom stereocenters. The molecule has 0 unspecified atom stereocenters. The van der Waals surface area contributed by atoms with Crippen LogP contribution in [0.15, 0.2) is 23.1 Å². The van der Waals surface area contributed by atoms with Crippen LogP contribution in [0.3, 0.4) is 0 Å². The van der Waals surface area contributed by atoms with Crippen molar-refractivity contribution in [1.29, 1.82) is 0 Å². The molecule has 1 aliphatic heterocycles. The second-order valence-electron chi connectivity index (χ2n) is 3.16. The Labute approximate surface area is 81.7 Å². The highest BCUT2D eigenvalue weighted by molar-refractivity contribution is 7.86. The Kier molecular flexibility index (Phi) is 2.19. The smallest absolute Gasteiger partial charge is 0.332 e. The predicted octanol–water partition coefficient (Wildman–Crippen LogP) is 1.67. The molecular weight excluding hydrogens is 207 g/mol. The SMILES string of the molecule is O=S(=O)(F)c1ccc2c(c1)CCCO2. The summed E-state index contributed by atoms with van der Waals surface area (Å²) in [5.41, 5.74) is 0.759. The molecule has 1 aromatic carbocycles. The van der Waals surface area contributed by atoms with Crippen LogP contribution >= 0.6 is 0 Å². The van der Waals surface area contributed by atoms with E-state index in [1.807, 2.05) is 0 Å². The normalized spacial score (nSPS) is 15.8. The van der Waals surface area contributed by atoms with Gasteiger partial charge in [0.25, 0.3) is 0 Å². The molecule has 0 saturated heterocycles. The summed E-state index contributed by atoms with van der Waals surface area (Å²) in [4.78, 5) is -0.290. The van der Waals surface area contributed by atoms with Crippen molar-refractivity contribution in [3.8, 4) is 5.75 Å². The Morgan fingerprint density at radius 2 is 2.14 bits per heavy atom. The van der Waals surface area contributed by atoms with E-state index in [1.54, 1.807) is 0 Å². The molecule has 0 amide bonds. The summed E-state index contributed by atoms with van der Waals surface area (Å²) in [6.07, 6.45) is 1.57. The van der Waals surface area contributed by atoms with Crippen molar-refractivity contribution in [2.75, 3.05) is 6.61 Å². The zero-order valence-corrected chi connectivity index (χ0v) is 8.18. The molecule has 0 aromatic heterocycles. The minimum Gasteiger partial charge on any atom is -0.493 e. The summed E-state index contributed by atoms with van der Waals surface area (Å²) in [5.74, 6) is 0.656. The Balaban J connectivity index is 2.49. The molecule has 0 saturated carbocycles. The highest BCUT2D eigenvalue weighted by Crippen LogP contribution is 2.27. The van der Waals surface area contributed by atoms with Crippen LogP contribution in [0.2, 0.25) is 0 Å². The molecule has 2 rings (SSSR count). The Hall–Kier alpha value is -1.10. The Bertz CT molecular complexity index is 453. The van der Waals surface area contributed by atoms with Crippen LogP contribution < -0.4 is 4.74 Å². The molecule has 0 aliphatic carbocycles. The summed E-state index contributed by atoms with van der Waals surface area (Å²) in [7, 11) is -4.59. The van der Waals surface area contributed by atoms with Crippen LogP contribution in [-0.4, -0.2) is 15.0 Å². The predicted molar refractivity (Wildman–Crippen MR) is 48.6 cm³/mol. The van der Waals surface area contributed by atoms with Gasteiger partial charge in [-0.15, -0.1) is 3.89 Å². The van der Waals surface area contributed by atoms with Gasteiger partial charge in [-0.3, -0.25) is 0 Å². The molecule has 0 N–H and O–H groups in total. The number of aryl methyl sites for hydroxylation is 1. The van der Waals surface area contributed by atoms with Crippen LogP contribution in [0.25, 0.3) is 0 Å². The van der Waals surface area contributed by atoms with Crippen molar-refractivity contribution in [2.24, 2.45) is 0 Å². The first kappa shape index (κ1) is 9.45. The monoisotopic (exact) mass is 216 g/mol. The second kappa shape index (κ2) is 3.24. The van der Waals surface area contributed by atoms with Crippen molar-refractivity contribution in [3.05, 3.63) is 23.8 Å². The van der Waals surface area contributed by atoms with Crippen molar-refractivity contribution in [3.63, 3.8) is 0 Å². The van der Waals surface area contributed by atoms with Crippen molar-refractivity contribution >= 4 is 10.2 Å². The van der Waals surface area contributed by atoms with Gasteiger partial charge in [-0.25, -0.2) is 0 Å². The van der Waals surface area contributed by atoms with Crippen molar-refractivity contribution in [1.82, 2.24) is 0 Å². The maximum atomic E-state index is 12.6. The van der Waals surface area contributed by atoms with E-state index in [1.165, 1.54) is 18.2 Å². The first-order valence-electron chi connectivity index (χ1n) is 4.28. The zero-order chi connectivity index (χ0) is 10.2. The zero-order valence-electron chi connectivity index (χ0n) is 7.36. The molecule has 14 heavy (non-hydrogen) atoms. The van der Waals surface area contributed by atoms with E-state index in [2.05, 4.69) is 0 Å². The van der Waals surface area contributed by atoms with Gasteiger partial charge >= 0.3 is 10.2 Å². The fourth-order valence-electron chi connectivity index (χ4n) is 1.49. The summed E-state index contributed by atoms with van der Waals surface area (Å²) < 4.78 is 39.1. The van der Waals surface area contributed by atoms with E-state index in [9.17, 15) is 12.3 Å². The average molecular weight is 216 g/mol. The van der Waals surface area contributed by atoms with Gasteiger partial charge in [-0.1, -0.05) is 0 Å². The van der Waals surface area contributed by atoms with Crippen molar-refractivity contribution in [2.45, 2.75) is 17.7 Å². The van der Waals surface area contributed by atoms with Gasteiger partial charge in [-0.2, -0.15) is 8.42 Å². The number of halogens is 1. The fourth-order valence-corrected chi connectivity index (χ4v) is 2.00. The average Bonchev–Trinajstić information content (AvgIpc) is 2.16. The minimum atomic E-state index is -4.59. The molecular formula is C9H9FO3S. The van der Waals surface area contributed by atoms with Gasteiger partial charge in [0, 0.05) is 0 Å². The third-order valence-electron chi connectivity index (χ3n) is 2.16. The molecule has 0 radical (unpaired) electrons. The molecule has 1 aromatic rings. The molecule has 0 fully saturated rings. The van der Waals surface area contributed by atoms with E-state index < -0.39 is 10.2 Å². The van der Waals surface area contributed by atoms with Crippen molar-refractivity contribution < 1.29 is 17.0 Å². The topological polar surface area (TPSA) is 43.4 Å². The number of rotatable bonds is 1. The van der Waals surface area contributed by atoms with Gasteiger partial charge in [0.05, 0.1) is 11.5 Å². The molecule has 0 spiro atoms. The third kappa shape index (κ3) is 1.72. The van der Waals surface area contributed by atoms with E-state index in [-0.39, 0.29) is 4.90 Å². The maximum Gasteiger partial charge on any atom is 0.332 e. The lowest BCUT2D eigenvalue weighted by atomic mass is 10.1. The van der Waals surface area contributed by atoms with Crippen LogP contribution in [-0.2, 0) is 16.6 Å². The van der Waals surface area contributed by atoms with Gasteiger partial charge in [0.1, 0.15) is 5.75 Å². The first-order chi connectivity index (χ1) is 6.57. The maximum absolute atomic E-state index is 12.6. The van der Waals surface area contributed by atoms with E-state index in [0.717, 1.165) is 18.4 Å². The summed E-state index contributed by atoms with van der Waals surface area (Å²) in [6.45, 7) is 0.634. The molecule has 76 valence electrons. The van der Waals surface area contributed by atoms with Gasteiger partial charge in [-0.05, 0) is 36.6 Å². The molecule has 1 heterocycles. The Morgan fingerprint density at radius 3 is 2.86 bits per heavy atom. The number of ether oxygens (including phenoxy) is 1. The largest absolute Gasteiger partial charge is 0.493 e.